The van der Waals surface area contributed by atoms with E-state index in [1.165, 1.54) is 0 Å². The van der Waals surface area contributed by atoms with E-state index in [4.69, 9.17) is 4.74 Å². The maximum absolute atomic E-state index is 11.6. The molecule has 0 aliphatic heterocycles. The zero-order valence-corrected chi connectivity index (χ0v) is 12.4. The van der Waals surface area contributed by atoms with Crippen molar-refractivity contribution in [2.24, 2.45) is 0 Å². The maximum atomic E-state index is 11.6. The van der Waals surface area contributed by atoms with Crippen LogP contribution in [0.3, 0.4) is 0 Å². The molecule has 0 saturated heterocycles. The second kappa shape index (κ2) is 5.56. The molecule has 0 bridgehead atoms. The summed E-state index contributed by atoms with van der Waals surface area (Å²) in [7, 11) is 0. The minimum Gasteiger partial charge on any atom is -0.456 e. The molecule has 1 aromatic carbocycles. The van der Waals surface area contributed by atoms with Crippen LogP contribution in [0.5, 0.6) is 11.5 Å². The van der Waals surface area contributed by atoms with Crippen LogP contribution >= 0.6 is 22.6 Å². The van der Waals surface area contributed by atoms with Crippen LogP contribution in [0.4, 0.5) is 0 Å². The molecule has 18 heavy (non-hydrogen) atoms. The third kappa shape index (κ3) is 2.75. The van der Waals surface area contributed by atoms with E-state index in [9.17, 15) is 4.79 Å². The second-order valence-corrected chi connectivity index (χ2v) is 5.14. The smallest absolute Gasteiger partial charge is 0.265 e. The van der Waals surface area contributed by atoms with E-state index in [2.05, 4.69) is 4.98 Å². The lowest BCUT2D eigenvalue weighted by Gasteiger charge is -2.11. The van der Waals surface area contributed by atoms with Gasteiger partial charge in [-0.05, 0) is 53.6 Å². The Morgan fingerprint density at radius 2 is 2.17 bits per heavy atom. The van der Waals surface area contributed by atoms with Crippen LogP contribution in [0.2, 0.25) is 0 Å². The molecule has 0 radical (unpaired) electrons. The summed E-state index contributed by atoms with van der Waals surface area (Å²) in [5.74, 6) is 1.42. The van der Waals surface area contributed by atoms with Crippen LogP contribution < -0.4 is 10.3 Å². The fourth-order valence-electron chi connectivity index (χ4n) is 1.70. The number of aromatic nitrogens is 1. The normalized spacial score (nSPS) is 10.4. The first-order chi connectivity index (χ1) is 8.61. The number of pyridine rings is 1. The van der Waals surface area contributed by atoms with Gasteiger partial charge < -0.3 is 9.72 Å². The summed E-state index contributed by atoms with van der Waals surface area (Å²) in [5.41, 5.74) is 2.02. The maximum Gasteiger partial charge on any atom is 0.265 e. The summed E-state index contributed by atoms with van der Waals surface area (Å²) in [6, 6.07) is 7.80. The monoisotopic (exact) mass is 355 g/mol. The predicted octanol–water partition coefficient (Wildman–Crippen LogP) is 3.64. The van der Waals surface area contributed by atoms with Crippen LogP contribution in [0, 0.1) is 10.5 Å². The lowest BCUT2D eigenvalue weighted by Crippen LogP contribution is -2.12. The fraction of sp³-hybridized carbons (Fsp3) is 0.214. The number of aryl methyl sites for hydroxylation is 2. The first kappa shape index (κ1) is 13.1. The molecule has 1 aromatic heterocycles. The molecule has 0 fully saturated rings. The number of ether oxygens (including phenoxy) is 1. The zero-order chi connectivity index (χ0) is 13.1. The van der Waals surface area contributed by atoms with Gasteiger partial charge in [0.2, 0.25) is 0 Å². The summed E-state index contributed by atoms with van der Waals surface area (Å²) < 4.78 is 6.46. The van der Waals surface area contributed by atoms with Crippen LogP contribution in [0.25, 0.3) is 0 Å². The van der Waals surface area contributed by atoms with E-state index in [1.807, 2.05) is 60.7 Å². The van der Waals surface area contributed by atoms with Gasteiger partial charge in [0.15, 0.2) is 5.75 Å². The summed E-state index contributed by atoms with van der Waals surface area (Å²) in [6.07, 6.45) is 2.53. The highest BCUT2D eigenvalue weighted by Gasteiger charge is 2.11. The van der Waals surface area contributed by atoms with Gasteiger partial charge in [-0.2, -0.15) is 0 Å². The highest BCUT2D eigenvalue weighted by atomic mass is 127. The Labute approximate surface area is 119 Å². The van der Waals surface area contributed by atoms with E-state index in [0.29, 0.717) is 9.32 Å². The highest BCUT2D eigenvalue weighted by Crippen LogP contribution is 2.28. The molecule has 0 saturated carbocycles. The minimum absolute atomic E-state index is 0.115. The Hall–Kier alpha value is -1.30. The van der Waals surface area contributed by atoms with Crippen molar-refractivity contribution in [1.82, 2.24) is 4.98 Å². The molecule has 0 atom stereocenters. The molecule has 4 heteroatoms. The van der Waals surface area contributed by atoms with Crippen molar-refractivity contribution in [3.05, 3.63) is 55.5 Å². The summed E-state index contributed by atoms with van der Waals surface area (Å²) >= 11 is 2.02. The lowest BCUT2D eigenvalue weighted by atomic mass is 10.2. The van der Waals surface area contributed by atoms with Gasteiger partial charge in [0.25, 0.3) is 5.56 Å². The third-order valence-electron chi connectivity index (χ3n) is 2.66. The predicted molar refractivity (Wildman–Crippen MR) is 80.4 cm³/mol. The van der Waals surface area contributed by atoms with Gasteiger partial charge in [-0.1, -0.05) is 19.1 Å². The Morgan fingerprint density at radius 1 is 1.39 bits per heavy atom. The standard InChI is InChI=1S/C14H14INO2/c1-3-10-8-16-14(17)12(15)13(10)18-11-6-4-5-9(2)7-11/h4-8H,3H2,1-2H3,(H,16,17). The molecule has 0 aliphatic rings. The van der Waals surface area contributed by atoms with Crippen molar-refractivity contribution in [2.75, 3.05) is 0 Å². The van der Waals surface area contributed by atoms with Gasteiger partial charge in [-0.15, -0.1) is 0 Å². The number of rotatable bonds is 3. The third-order valence-corrected chi connectivity index (χ3v) is 3.64. The average molecular weight is 355 g/mol. The van der Waals surface area contributed by atoms with E-state index in [1.54, 1.807) is 6.20 Å². The molecule has 2 aromatic rings. The van der Waals surface area contributed by atoms with Crippen molar-refractivity contribution < 1.29 is 4.74 Å². The van der Waals surface area contributed by atoms with Crippen molar-refractivity contribution in [1.29, 1.82) is 0 Å². The zero-order valence-electron chi connectivity index (χ0n) is 10.3. The molecule has 94 valence electrons. The van der Waals surface area contributed by atoms with Crippen molar-refractivity contribution in [3.63, 3.8) is 0 Å². The van der Waals surface area contributed by atoms with E-state index in [0.717, 1.165) is 23.3 Å². The fourth-order valence-corrected chi connectivity index (χ4v) is 2.31. The van der Waals surface area contributed by atoms with Gasteiger partial charge in [-0.25, -0.2) is 0 Å². The Balaban J connectivity index is 2.45. The van der Waals surface area contributed by atoms with Crippen molar-refractivity contribution >= 4 is 22.6 Å². The van der Waals surface area contributed by atoms with Gasteiger partial charge in [0.1, 0.15) is 9.32 Å². The van der Waals surface area contributed by atoms with Crippen LogP contribution in [0.15, 0.2) is 35.3 Å². The largest absolute Gasteiger partial charge is 0.456 e. The summed E-state index contributed by atoms with van der Waals surface area (Å²) in [4.78, 5) is 14.3. The molecule has 0 aliphatic carbocycles. The number of nitrogens with one attached hydrogen (secondary N) is 1. The quantitative estimate of drug-likeness (QED) is 0.855. The van der Waals surface area contributed by atoms with Crippen LogP contribution in [-0.2, 0) is 6.42 Å². The first-order valence-electron chi connectivity index (χ1n) is 5.76. The van der Waals surface area contributed by atoms with Crippen LogP contribution in [0.1, 0.15) is 18.1 Å². The number of aromatic amines is 1. The highest BCUT2D eigenvalue weighted by molar-refractivity contribution is 14.1. The molecule has 3 nitrogen and oxygen atoms in total. The topological polar surface area (TPSA) is 42.1 Å². The Kier molecular flexibility index (Phi) is 4.06. The molecule has 2 rings (SSSR count). The van der Waals surface area contributed by atoms with Gasteiger partial charge in [-0.3, -0.25) is 4.79 Å². The van der Waals surface area contributed by atoms with Gasteiger partial charge in [0, 0.05) is 11.8 Å². The lowest BCUT2D eigenvalue weighted by molar-refractivity contribution is 0.471. The molecule has 0 spiro atoms. The number of halogens is 1. The second-order valence-electron chi connectivity index (χ2n) is 4.06. The number of H-pyrrole nitrogens is 1. The Bertz CT molecular complexity index is 619. The molecule has 0 amide bonds. The van der Waals surface area contributed by atoms with Crippen molar-refractivity contribution in [2.45, 2.75) is 20.3 Å². The minimum atomic E-state index is -0.115. The molecular weight excluding hydrogens is 341 g/mol. The van der Waals surface area contributed by atoms with E-state index < -0.39 is 0 Å². The molecule has 0 unspecified atom stereocenters. The Morgan fingerprint density at radius 3 is 2.83 bits per heavy atom. The molecule has 1 N–H and O–H groups in total. The number of hydrogen-bond acceptors (Lipinski definition) is 2. The first-order valence-corrected chi connectivity index (χ1v) is 6.84. The van der Waals surface area contributed by atoms with E-state index in [-0.39, 0.29) is 5.56 Å². The summed E-state index contributed by atoms with van der Waals surface area (Å²) in [5, 5.41) is 0. The number of hydrogen-bond donors (Lipinski definition) is 1. The summed E-state index contributed by atoms with van der Waals surface area (Å²) in [6.45, 7) is 4.04. The van der Waals surface area contributed by atoms with E-state index >= 15 is 0 Å². The van der Waals surface area contributed by atoms with Gasteiger partial charge >= 0.3 is 0 Å². The van der Waals surface area contributed by atoms with Crippen molar-refractivity contribution in [3.8, 4) is 11.5 Å². The number of benzene rings is 1. The molecular formula is C14H14INO2. The van der Waals surface area contributed by atoms with Gasteiger partial charge in [0.05, 0.1) is 0 Å². The molecule has 1 heterocycles. The SMILES string of the molecule is CCc1c[nH]c(=O)c(I)c1Oc1cccc(C)c1. The average Bonchev–Trinajstić information content (AvgIpc) is 2.35. The van der Waals surface area contributed by atoms with Crippen LogP contribution in [-0.4, -0.2) is 4.98 Å².